The van der Waals surface area contributed by atoms with E-state index in [9.17, 15) is 4.79 Å². The zero-order valence-electron chi connectivity index (χ0n) is 10.1. The van der Waals surface area contributed by atoms with Crippen LogP contribution in [-0.4, -0.2) is 16.6 Å². The first-order chi connectivity index (χ1) is 9.54. The molecule has 0 spiro atoms. The molecule has 0 aliphatic heterocycles. The van der Waals surface area contributed by atoms with Crippen LogP contribution in [0.1, 0.15) is 0 Å². The third kappa shape index (κ3) is 4.56. The number of benzene rings is 1. The standard InChI is InChI=1S/C13H9Cl3N2OS/c14-8-1-3-11(10(16)5-8)18-12(19)7-20-13-4-2-9(15)6-17-13/h1-6H,7H2,(H,18,19). The van der Waals surface area contributed by atoms with E-state index >= 15 is 0 Å². The number of nitrogens with zero attached hydrogens (tertiary/aromatic N) is 1. The second kappa shape index (κ2) is 7.18. The summed E-state index contributed by atoms with van der Waals surface area (Å²) in [4.78, 5) is 15.9. The lowest BCUT2D eigenvalue weighted by Gasteiger charge is -2.07. The molecular formula is C13H9Cl3N2OS. The van der Waals surface area contributed by atoms with E-state index in [2.05, 4.69) is 10.3 Å². The number of amides is 1. The van der Waals surface area contributed by atoms with Crippen molar-refractivity contribution < 1.29 is 4.79 Å². The third-order valence-electron chi connectivity index (χ3n) is 2.26. The highest BCUT2D eigenvalue weighted by molar-refractivity contribution is 7.99. The fraction of sp³-hybridized carbons (Fsp3) is 0.0769. The van der Waals surface area contributed by atoms with Crippen molar-refractivity contribution in [2.45, 2.75) is 5.03 Å². The number of carbonyl (C=O) groups is 1. The lowest BCUT2D eigenvalue weighted by Crippen LogP contribution is -2.14. The van der Waals surface area contributed by atoms with Crippen molar-refractivity contribution in [3.63, 3.8) is 0 Å². The van der Waals surface area contributed by atoms with Crippen LogP contribution in [0.25, 0.3) is 0 Å². The fourth-order valence-electron chi connectivity index (χ4n) is 1.36. The van der Waals surface area contributed by atoms with Crippen LogP contribution in [0.15, 0.2) is 41.6 Å². The highest BCUT2D eigenvalue weighted by atomic mass is 35.5. The van der Waals surface area contributed by atoms with Gasteiger partial charge in [-0.15, -0.1) is 0 Å². The Balaban J connectivity index is 1.90. The van der Waals surface area contributed by atoms with Gasteiger partial charge >= 0.3 is 0 Å². The Kier molecular flexibility index (Phi) is 5.54. The van der Waals surface area contributed by atoms with Crippen molar-refractivity contribution in [1.82, 2.24) is 4.98 Å². The molecule has 0 aliphatic rings. The van der Waals surface area contributed by atoms with E-state index in [1.54, 1.807) is 30.3 Å². The Morgan fingerprint density at radius 3 is 2.55 bits per heavy atom. The SMILES string of the molecule is O=C(CSc1ccc(Cl)cn1)Nc1ccc(Cl)cc1Cl. The van der Waals surface area contributed by atoms with Gasteiger partial charge in [0, 0.05) is 11.2 Å². The van der Waals surface area contributed by atoms with Gasteiger partial charge in [0.05, 0.1) is 26.5 Å². The van der Waals surface area contributed by atoms with Gasteiger partial charge in [0.2, 0.25) is 5.91 Å². The average molecular weight is 348 g/mol. The second-order valence-corrected chi connectivity index (χ2v) is 6.05. The predicted molar refractivity (Wildman–Crippen MR) is 85.1 cm³/mol. The van der Waals surface area contributed by atoms with Crippen molar-refractivity contribution in [2.75, 3.05) is 11.1 Å². The van der Waals surface area contributed by atoms with E-state index in [0.29, 0.717) is 20.8 Å². The van der Waals surface area contributed by atoms with Crippen LogP contribution in [0, 0.1) is 0 Å². The van der Waals surface area contributed by atoms with E-state index in [1.807, 2.05) is 0 Å². The maximum atomic E-state index is 11.8. The lowest BCUT2D eigenvalue weighted by molar-refractivity contribution is -0.113. The third-order valence-corrected chi connectivity index (χ3v) is 3.97. The Morgan fingerprint density at radius 2 is 1.90 bits per heavy atom. The van der Waals surface area contributed by atoms with Crippen LogP contribution < -0.4 is 5.32 Å². The summed E-state index contributed by atoms with van der Waals surface area (Å²) in [7, 11) is 0. The Morgan fingerprint density at radius 1 is 1.15 bits per heavy atom. The molecule has 1 heterocycles. The van der Waals surface area contributed by atoms with Crippen LogP contribution in [0.4, 0.5) is 5.69 Å². The van der Waals surface area contributed by atoms with Crippen LogP contribution >= 0.6 is 46.6 Å². The van der Waals surface area contributed by atoms with Gasteiger partial charge in [0.1, 0.15) is 0 Å². The molecule has 0 radical (unpaired) electrons. The van der Waals surface area contributed by atoms with Gasteiger partial charge in [-0.2, -0.15) is 0 Å². The summed E-state index contributed by atoms with van der Waals surface area (Å²) in [6.45, 7) is 0. The lowest BCUT2D eigenvalue weighted by atomic mass is 10.3. The topological polar surface area (TPSA) is 42.0 Å². The van der Waals surface area contributed by atoms with Crippen LogP contribution in [0.3, 0.4) is 0 Å². The van der Waals surface area contributed by atoms with Crippen molar-refractivity contribution in [3.05, 3.63) is 51.6 Å². The monoisotopic (exact) mass is 346 g/mol. The van der Waals surface area contributed by atoms with Gasteiger partial charge in [-0.25, -0.2) is 4.98 Å². The molecule has 2 rings (SSSR count). The number of hydrogen-bond acceptors (Lipinski definition) is 3. The molecule has 1 aromatic carbocycles. The summed E-state index contributed by atoms with van der Waals surface area (Å²) in [6.07, 6.45) is 1.54. The number of halogens is 3. The van der Waals surface area contributed by atoms with Gasteiger partial charge in [0.25, 0.3) is 0 Å². The normalized spacial score (nSPS) is 10.3. The Hall–Kier alpha value is -0.940. The van der Waals surface area contributed by atoms with Gasteiger partial charge in [0.15, 0.2) is 0 Å². The minimum atomic E-state index is -0.170. The first-order valence-electron chi connectivity index (χ1n) is 5.54. The predicted octanol–water partition coefficient (Wildman–Crippen LogP) is 4.77. The van der Waals surface area contributed by atoms with Crippen LogP contribution in [0.5, 0.6) is 0 Å². The minimum Gasteiger partial charge on any atom is -0.324 e. The number of carbonyl (C=O) groups excluding carboxylic acids is 1. The Bertz CT molecular complexity index is 620. The molecule has 0 unspecified atom stereocenters. The number of rotatable bonds is 4. The van der Waals surface area contributed by atoms with E-state index < -0.39 is 0 Å². The van der Waals surface area contributed by atoms with E-state index in [4.69, 9.17) is 34.8 Å². The van der Waals surface area contributed by atoms with Crippen molar-refractivity contribution in [2.24, 2.45) is 0 Å². The fourth-order valence-corrected chi connectivity index (χ4v) is 2.57. The largest absolute Gasteiger partial charge is 0.324 e. The highest BCUT2D eigenvalue weighted by Crippen LogP contribution is 2.25. The summed E-state index contributed by atoms with van der Waals surface area (Å²) in [5.41, 5.74) is 0.533. The maximum absolute atomic E-state index is 11.8. The summed E-state index contributed by atoms with van der Waals surface area (Å²) in [5.74, 6) is 0.0594. The van der Waals surface area contributed by atoms with Crippen LogP contribution in [0.2, 0.25) is 15.1 Å². The molecule has 2 aromatic rings. The van der Waals surface area contributed by atoms with Gasteiger partial charge in [-0.05, 0) is 30.3 Å². The molecule has 104 valence electrons. The number of hydrogen-bond donors (Lipinski definition) is 1. The first-order valence-corrected chi connectivity index (χ1v) is 7.66. The summed E-state index contributed by atoms with van der Waals surface area (Å²) in [6, 6.07) is 8.39. The van der Waals surface area contributed by atoms with Crippen molar-refractivity contribution >= 4 is 58.2 Å². The molecular weight excluding hydrogens is 339 g/mol. The van der Waals surface area contributed by atoms with Crippen molar-refractivity contribution in [3.8, 4) is 0 Å². The quantitative estimate of drug-likeness (QED) is 0.810. The Labute approximate surface area is 135 Å². The van der Waals surface area contributed by atoms with Crippen LogP contribution in [-0.2, 0) is 4.79 Å². The smallest absolute Gasteiger partial charge is 0.234 e. The minimum absolute atomic E-state index is 0.170. The molecule has 1 aromatic heterocycles. The number of thioether (sulfide) groups is 1. The summed E-state index contributed by atoms with van der Waals surface area (Å²) in [5, 5.41) is 4.93. The molecule has 7 heteroatoms. The summed E-state index contributed by atoms with van der Waals surface area (Å²) >= 11 is 18.8. The molecule has 0 bridgehead atoms. The molecule has 0 atom stereocenters. The number of anilines is 1. The molecule has 0 fully saturated rings. The zero-order chi connectivity index (χ0) is 14.5. The van der Waals surface area contributed by atoms with E-state index in [-0.39, 0.29) is 11.7 Å². The van der Waals surface area contributed by atoms with Gasteiger partial charge in [-0.1, -0.05) is 46.6 Å². The summed E-state index contributed by atoms with van der Waals surface area (Å²) < 4.78 is 0. The van der Waals surface area contributed by atoms with Crippen molar-refractivity contribution in [1.29, 1.82) is 0 Å². The molecule has 0 saturated heterocycles. The molecule has 1 N–H and O–H groups in total. The first kappa shape index (κ1) is 15.4. The van der Waals surface area contributed by atoms with E-state index in [1.165, 1.54) is 18.0 Å². The number of nitrogens with one attached hydrogen (secondary N) is 1. The molecule has 1 amide bonds. The second-order valence-electron chi connectivity index (χ2n) is 3.78. The molecule has 0 aliphatic carbocycles. The average Bonchev–Trinajstić information content (AvgIpc) is 2.41. The maximum Gasteiger partial charge on any atom is 0.234 e. The van der Waals surface area contributed by atoms with Gasteiger partial charge < -0.3 is 5.32 Å². The highest BCUT2D eigenvalue weighted by Gasteiger charge is 2.07. The number of pyridine rings is 1. The molecule has 0 saturated carbocycles. The molecule has 3 nitrogen and oxygen atoms in total. The van der Waals surface area contributed by atoms with E-state index in [0.717, 1.165) is 5.03 Å². The zero-order valence-corrected chi connectivity index (χ0v) is 13.2. The van der Waals surface area contributed by atoms with Gasteiger partial charge in [-0.3, -0.25) is 4.79 Å². The molecule has 20 heavy (non-hydrogen) atoms. The number of aromatic nitrogens is 1.